The highest BCUT2D eigenvalue weighted by Gasteiger charge is 2.17. The minimum Gasteiger partial charge on any atom is -0.497 e. The van der Waals surface area contributed by atoms with E-state index in [2.05, 4.69) is 20.7 Å². The summed E-state index contributed by atoms with van der Waals surface area (Å²) in [7, 11) is 1.63. The van der Waals surface area contributed by atoms with E-state index in [1.54, 1.807) is 20.1 Å². The van der Waals surface area contributed by atoms with Crippen molar-refractivity contribution in [3.05, 3.63) is 88.9 Å². The van der Waals surface area contributed by atoms with Crippen LogP contribution < -0.4 is 10.2 Å². The zero-order valence-electron chi connectivity index (χ0n) is 19.5. The Hall–Kier alpha value is -3.62. The van der Waals surface area contributed by atoms with Gasteiger partial charge in [-0.2, -0.15) is 5.10 Å². The van der Waals surface area contributed by atoms with E-state index in [0.29, 0.717) is 21.7 Å². The van der Waals surface area contributed by atoms with Crippen LogP contribution >= 0.6 is 23.4 Å². The molecule has 9 heteroatoms. The first-order valence-corrected chi connectivity index (χ1v) is 12.2. The highest BCUT2D eigenvalue weighted by Crippen LogP contribution is 2.29. The molecule has 7 nitrogen and oxygen atoms in total. The summed E-state index contributed by atoms with van der Waals surface area (Å²) < 4.78 is 7.22. The first kappa shape index (κ1) is 24.5. The Balaban J connectivity index is 1.55. The van der Waals surface area contributed by atoms with Gasteiger partial charge in [0.05, 0.1) is 18.6 Å². The quantitative estimate of drug-likeness (QED) is 0.193. The lowest BCUT2D eigenvalue weighted by Crippen LogP contribution is -2.21. The highest BCUT2D eigenvalue weighted by molar-refractivity contribution is 7.99. The second-order valence-electron chi connectivity index (χ2n) is 7.71. The predicted octanol–water partition coefficient (Wildman–Crippen LogP) is 5.54. The third-order valence-electron chi connectivity index (χ3n) is 5.22. The van der Waals surface area contributed by atoms with E-state index in [0.717, 1.165) is 28.1 Å². The van der Waals surface area contributed by atoms with E-state index < -0.39 is 0 Å². The zero-order chi connectivity index (χ0) is 24.8. The van der Waals surface area contributed by atoms with E-state index >= 15 is 0 Å². The Morgan fingerprint density at radius 1 is 1.06 bits per heavy atom. The number of nitrogens with zero attached hydrogens (tertiary/aromatic N) is 4. The molecule has 35 heavy (non-hydrogen) atoms. The smallest absolute Gasteiger partial charge is 0.250 e. The molecule has 0 aliphatic heterocycles. The molecule has 0 atom stereocenters. The molecule has 1 heterocycles. The van der Waals surface area contributed by atoms with E-state index in [1.807, 2.05) is 78.2 Å². The summed E-state index contributed by atoms with van der Waals surface area (Å²) in [6, 6.07) is 23.0. The molecule has 0 unspecified atom stereocenters. The molecule has 0 saturated heterocycles. The van der Waals surface area contributed by atoms with E-state index in [1.165, 1.54) is 11.8 Å². The van der Waals surface area contributed by atoms with Gasteiger partial charge in [-0.3, -0.25) is 9.36 Å². The SMILES string of the molecule is COc1ccc(-n2c(SCC(=O)N/N=C(\C)c3ccccc3Cl)nnc2-c2ccc(C)cc2)cc1. The lowest BCUT2D eigenvalue weighted by atomic mass is 10.1. The third-order valence-corrected chi connectivity index (χ3v) is 6.48. The summed E-state index contributed by atoms with van der Waals surface area (Å²) in [6.07, 6.45) is 0. The summed E-state index contributed by atoms with van der Waals surface area (Å²) in [6.45, 7) is 3.83. The van der Waals surface area contributed by atoms with Gasteiger partial charge in [0.25, 0.3) is 5.91 Å². The maximum atomic E-state index is 12.5. The van der Waals surface area contributed by atoms with Gasteiger partial charge in [0.15, 0.2) is 11.0 Å². The van der Waals surface area contributed by atoms with Crippen LogP contribution in [-0.2, 0) is 4.79 Å². The summed E-state index contributed by atoms with van der Waals surface area (Å²) >= 11 is 7.49. The number of nitrogens with one attached hydrogen (secondary N) is 1. The number of methoxy groups -OCH3 is 1. The van der Waals surface area contributed by atoms with Crippen LogP contribution in [0, 0.1) is 6.92 Å². The van der Waals surface area contributed by atoms with Gasteiger partial charge < -0.3 is 4.74 Å². The van der Waals surface area contributed by atoms with Crippen molar-refractivity contribution in [3.8, 4) is 22.8 Å². The number of ether oxygens (including phenoxy) is 1. The largest absolute Gasteiger partial charge is 0.497 e. The van der Waals surface area contributed by atoms with Crippen LogP contribution in [0.5, 0.6) is 5.75 Å². The van der Waals surface area contributed by atoms with Gasteiger partial charge in [0.1, 0.15) is 5.75 Å². The maximum absolute atomic E-state index is 12.5. The predicted molar refractivity (Wildman–Crippen MR) is 141 cm³/mol. The number of aryl methyl sites for hydroxylation is 1. The minimum atomic E-state index is -0.262. The van der Waals surface area contributed by atoms with Gasteiger partial charge in [-0.25, -0.2) is 5.43 Å². The van der Waals surface area contributed by atoms with Crippen LogP contribution in [0.25, 0.3) is 17.1 Å². The van der Waals surface area contributed by atoms with Crippen molar-refractivity contribution in [2.75, 3.05) is 12.9 Å². The molecular formula is C26H24ClN5O2S. The Bertz CT molecular complexity index is 1350. The maximum Gasteiger partial charge on any atom is 0.250 e. The average molecular weight is 506 g/mol. The molecule has 4 rings (SSSR count). The number of carbonyl (C=O) groups excluding carboxylic acids is 1. The fraction of sp³-hybridized carbons (Fsp3) is 0.154. The van der Waals surface area contributed by atoms with Crippen molar-refractivity contribution in [1.29, 1.82) is 0 Å². The normalized spacial score (nSPS) is 11.4. The topological polar surface area (TPSA) is 81.4 Å². The molecule has 0 spiro atoms. The third kappa shape index (κ3) is 5.90. The molecule has 4 aromatic rings. The van der Waals surface area contributed by atoms with Gasteiger partial charge in [0, 0.05) is 21.8 Å². The number of hydrazone groups is 1. The second-order valence-corrected chi connectivity index (χ2v) is 9.06. The molecule has 0 bridgehead atoms. The van der Waals surface area contributed by atoms with Crippen LogP contribution in [0.3, 0.4) is 0 Å². The summed E-state index contributed by atoms with van der Waals surface area (Å²) in [4.78, 5) is 12.5. The highest BCUT2D eigenvalue weighted by atomic mass is 35.5. The van der Waals surface area contributed by atoms with Crippen molar-refractivity contribution < 1.29 is 9.53 Å². The molecular weight excluding hydrogens is 482 g/mol. The van der Waals surface area contributed by atoms with Crippen molar-refractivity contribution >= 4 is 35.0 Å². The Kier molecular flexibility index (Phi) is 7.84. The molecule has 1 amide bonds. The molecule has 3 aromatic carbocycles. The molecule has 0 fully saturated rings. The van der Waals surface area contributed by atoms with Crippen LogP contribution in [0.2, 0.25) is 5.02 Å². The first-order valence-electron chi connectivity index (χ1n) is 10.8. The molecule has 1 N–H and O–H groups in total. The Morgan fingerprint density at radius 3 is 2.46 bits per heavy atom. The number of hydrogen-bond donors (Lipinski definition) is 1. The lowest BCUT2D eigenvalue weighted by molar-refractivity contribution is -0.118. The van der Waals surface area contributed by atoms with Gasteiger partial charge in [0.2, 0.25) is 0 Å². The molecule has 0 saturated carbocycles. The minimum absolute atomic E-state index is 0.113. The van der Waals surface area contributed by atoms with Gasteiger partial charge >= 0.3 is 0 Å². The van der Waals surface area contributed by atoms with Crippen molar-refractivity contribution in [2.45, 2.75) is 19.0 Å². The standard InChI is InChI=1S/C26H24ClN5O2S/c1-17-8-10-19(11-9-17)25-30-31-26(32(25)20-12-14-21(34-3)15-13-20)35-16-24(33)29-28-18(2)22-6-4-5-7-23(22)27/h4-15H,16H2,1-3H3,(H,29,33)/b28-18+. The summed E-state index contributed by atoms with van der Waals surface area (Å²) in [5, 5.41) is 14.2. The number of benzene rings is 3. The second kappa shape index (κ2) is 11.2. The van der Waals surface area contributed by atoms with E-state index in [9.17, 15) is 4.79 Å². The molecule has 178 valence electrons. The number of hydrogen-bond acceptors (Lipinski definition) is 6. The van der Waals surface area contributed by atoms with Crippen molar-refractivity contribution in [1.82, 2.24) is 20.2 Å². The number of amides is 1. The van der Waals surface area contributed by atoms with E-state index in [4.69, 9.17) is 16.3 Å². The van der Waals surface area contributed by atoms with Gasteiger partial charge in [-0.15, -0.1) is 10.2 Å². The van der Waals surface area contributed by atoms with Crippen molar-refractivity contribution in [2.24, 2.45) is 5.10 Å². The fourth-order valence-corrected chi connectivity index (χ4v) is 4.36. The van der Waals surface area contributed by atoms with Gasteiger partial charge in [-0.1, -0.05) is 71.4 Å². The van der Waals surface area contributed by atoms with Crippen LogP contribution in [0.4, 0.5) is 0 Å². The molecule has 0 aliphatic rings. The van der Waals surface area contributed by atoms with Crippen LogP contribution in [0.15, 0.2) is 83.1 Å². The number of rotatable bonds is 8. The van der Waals surface area contributed by atoms with Crippen LogP contribution in [-0.4, -0.2) is 39.2 Å². The Labute approximate surface area is 213 Å². The first-order chi connectivity index (χ1) is 17.0. The summed E-state index contributed by atoms with van der Waals surface area (Å²) in [5.41, 5.74) is 6.93. The molecule has 1 aromatic heterocycles. The summed E-state index contributed by atoms with van der Waals surface area (Å²) in [5.74, 6) is 1.29. The number of halogens is 1. The fourth-order valence-electron chi connectivity index (χ4n) is 3.34. The van der Waals surface area contributed by atoms with Crippen molar-refractivity contribution in [3.63, 3.8) is 0 Å². The molecule has 0 radical (unpaired) electrons. The Morgan fingerprint density at radius 2 is 1.77 bits per heavy atom. The number of carbonyl (C=O) groups is 1. The van der Waals surface area contributed by atoms with Gasteiger partial charge in [-0.05, 0) is 44.2 Å². The molecule has 0 aliphatic carbocycles. The monoisotopic (exact) mass is 505 g/mol. The average Bonchev–Trinajstić information content (AvgIpc) is 3.30. The zero-order valence-corrected chi connectivity index (χ0v) is 21.1. The number of thioether (sulfide) groups is 1. The van der Waals surface area contributed by atoms with E-state index in [-0.39, 0.29) is 11.7 Å². The van der Waals surface area contributed by atoms with Crippen LogP contribution in [0.1, 0.15) is 18.1 Å². The lowest BCUT2D eigenvalue weighted by Gasteiger charge is -2.11. The number of aromatic nitrogens is 3.